The molecule has 0 amide bonds. The van der Waals surface area contributed by atoms with Gasteiger partial charge in [-0.25, -0.2) is 9.97 Å². The highest BCUT2D eigenvalue weighted by atomic mass is 15.2. The van der Waals surface area contributed by atoms with Gasteiger partial charge in [0.05, 0.1) is 0 Å². The molecule has 1 aromatic heterocycles. The third-order valence-corrected chi connectivity index (χ3v) is 4.43. The molecule has 2 aliphatic rings. The van der Waals surface area contributed by atoms with Crippen LogP contribution in [0.25, 0.3) is 0 Å². The Morgan fingerprint density at radius 1 is 1.25 bits per heavy atom. The number of likely N-dealkylation sites (N-methyl/N-ethyl adjacent to an activating group) is 1. The minimum atomic E-state index is 0.545. The van der Waals surface area contributed by atoms with Gasteiger partial charge in [-0.2, -0.15) is 0 Å². The number of nitrogens with zero attached hydrogens (tertiary/aromatic N) is 4. The third-order valence-electron chi connectivity index (χ3n) is 4.43. The molecule has 0 atom stereocenters. The molecule has 0 radical (unpaired) electrons. The van der Waals surface area contributed by atoms with E-state index in [2.05, 4.69) is 21.8 Å². The van der Waals surface area contributed by atoms with Gasteiger partial charge in [0.1, 0.15) is 17.5 Å². The van der Waals surface area contributed by atoms with Gasteiger partial charge in [0.2, 0.25) is 0 Å². The summed E-state index contributed by atoms with van der Waals surface area (Å²) >= 11 is 0. The first-order valence-electron chi connectivity index (χ1n) is 7.72. The van der Waals surface area contributed by atoms with E-state index in [4.69, 9.17) is 10.7 Å². The highest BCUT2D eigenvalue weighted by Gasteiger charge is 2.28. The van der Waals surface area contributed by atoms with Crippen LogP contribution in [0.1, 0.15) is 43.0 Å². The van der Waals surface area contributed by atoms with E-state index in [0.717, 1.165) is 30.3 Å². The molecule has 5 heteroatoms. The Bertz CT molecular complexity index is 477. The Morgan fingerprint density at radius 2 is 1.95 bits per heavy atom. The van der Waals surface area contributed by atoms with Crippen molar-refractivity contribution in [3.05, 3.63) is 11.4 Å². The maximum Gasteiger partial charge on any atom is 0.137 e. The minimum absolute atomic E-state index is 0.545. The van der Waals surface area contributed by atoms with Crippen LogP contribution in [0, 0.1) is 6.92 Å². The fraction of sp³-hybridized carbons (Fsp3) is 0.733. The summed E-state index contributed by atoms with van der Waals surface area (Å²) in [5, 5.41) is 0. The molecule has 1 aromatic rings. The molecule has 0 spiro atoms. The lowest BCUT2D eigenvalue weighted by Crippen LogP contribution is -2.32. The zero-order valence-corrected chi connectivity index (χ0v) is 12.6. The van der Waals surface area contributed by atoms with Crippen LogP contribution in [-0.4, -0.2) is 48.1 Å². The fourth-order valence-corrected chi connectivity index (χ4v) is 2.84. The quantitative estimate of drug-likeness (QED) is 0.887. The van der Waals surface area contributed by atoms with Gasteiger partial charge in [-0.15, -0.1) is 0 Å². The van der Waals surface area contributed by atoms with Crippen molar-refractivity contribution in [2.24, 2.45) is 0 Å². The van der Waals surface area contributed by atoms with Crippen LogP contribution >= 0.6 is 0 Å². The summed E-state index contributed by atoms with van der Waals surface area (Å²) in [5.74, 6) is 3.14. The van der Waals surface area contributed by atoms with Crippen molar-refractivity contribution in [3.8, 4) is 0 Å². The lowest BCUT2D eigenvalue weighted by Gasteiger charge is -2.24. The number of hydrogen-bond donors (Lipinski definition) is 1. The highest BCUT2D eigenvalue weighted by molar-refractivity contribution is 5.56. The summed E-state index contributed by atoms with van der Waals surface area (Å²) in [6.07, 6.45) is 5.10. The largest absolute Gasteiger partial charge is 0.383 e. The smallest absolute Gasteiger partial charge is 0.137 e. The molecule has 1 saturated carbocycles. The second kappa shape index (κ2) is 5.56. The van der Waals surface area contributed by atoms with E-state index in [1.54, 1.807) is 0 Å². The van der Waals surface area contributed by atoms with Crippen LogP contribution in [0.15, 0.2) is 0 Å². The number of likely N-dealkylation sites (tertiary alicyclic amines) is 1. The molecular formula is C15H25N5. The fourth-order valence-electron chi connectivity index (χ4n) is 2.84. The van der Waals surface area contributed by atoms with E-state index in [0.29, 0.717) is 11.7 Å². The van der Waals surface area contributed by atoms with Gasteiger partial charge in [0.25, 0.3) is 0 Å². The van der Waals surface area contributed by atoms with Crippen molar-refractivity contribution in [3.63, 3.8) is 0 Å². The maximum atomic E-state index is 6.05. The third kappa shape index (κ3) is 2.87. The van der Waals surface area contributed by atoms with Crippen molar-refractivity contribution in [1.29, 1.82) is 0 Å². The van der Waals surface area contributed by atoms with E-state index in [-0.39, 0.29) is 0 Å². The molecule has 2 heterocycles. The molecule has 110 valence electrons. The molecule has 0 unspecified atom stereocenters. The lowest BCUT2D eigenvalue weighted by molar-refractivity contribution is 0.346. The summed E-state index contributed by atoms with van der Waals surface area (Å²) in [7, 11) is 2.11. The first-order valence-corrected chi connectivity index (χ1v) is 7.72. The number of aromatic nitrogens is 2. The molecule has 0 aromatic carbocycles. The second-order valence-corrected chi connectivity index (χ2v) is 6.16. The Hall–Kier alpha value is -1.36. The zero-order chi connectivity index (χ0) is 14.1. The molecule has 1 aliphatic carbocycles. The van der Waals surface area contributed by atoms with E-state index in [9.17, 15) is 0 Å². The van der Waals surface area contributed by atoms with Crippen molar-refractivity contribution in [2.75, 3.05) is 43.9 Å². The van der Waals surface area contributed by atoms with E-state index < -0.39 is 0 Å². The Labute approximate surface area is 121 Å². The molecule has 3 rings (SSSR count). The van der Waals surface area contributed by atoms with Gasteiger partial charge < -0.3 is 15.5 Å². The van der Waals surface area contributed by atoms with Crippen molar-refractivity contribution in [2.45, 2.75) is 38.5 Å². The predicted molar refractivity (Wildman–Crippen MR) is 82.1 cm³/mol. The molecule has 1 aliphatic heterocycles. The first-order chi connectivity index (χ1) is 9.65. The van der Waals surface area contributed by atoms with Crippen LogP contribution < -0.4 is 10.6 Å². The van der Waals surface area contributed by atoms with Gasteiger partial charge >= 0.3 is 0 Å². The van der Waals surface area contributed by atoms with Crippen LogP contribution in [0.2, 0.25) is 0 Å². The summed E-state index contributed by atoms with van der Waals surface area (Å²) < 4.78 is 0. The molecule has 2 fully saturated rings. The summed E-state index contributed by atoms with van der Waals surface area (Å²) in [5.41, 5.74) is 7.07. The summed E-state index contributed by atoms with van der Waals surface area (Å²) in [6, 6.07) is 0. The van der Waals surface area contributed by atoms with Gasteiger partial charge in [-0.3, -0.25) is 0 Å². The SMILES string of the molecule is Cc1c(N)nc(C2CC2)nc1N(C)CCN1CCCC1. The minimum Gasteiger partial charge on any atom is -0.383 e. The summed E-state index contributed by atoms with van der Waals surface area (Å²) in [6.45, 7) is 6.62. The Kier molecular flexibility index (Phi) is 3.78. The van der Waals surface area contributed by atoms with Crippen LogP contribution in [0.3, 0.4) is 0 Å². The average molecular weight is 275 g/mol. The van der Waals surface area contributed by atoms with Crippen molar-refractivity contribution >= 4 is 11.6 Å². The highest BCUT2D eigenvalue weighted by Crippen LogP contribution is 2.39. The van der Waals surface area contributed by atoms with Gasteiger partial charge in [0.15, 0.2) is 0 Å². The second-order valence-electron chi connectivity index (χ2n) is 6.16. The van der Waals surface area contributed by atoms with Crippen LogP contribution in [0.4, 0.5) is 11.6 Å². The molecule has 1 saturated heterocycles. The first kappa shape index (κ1) is 13.6. The zero-order valence-electron chi connectivity index (χ0n) is 12.6. The number of nitrogen functional groups attached to an aromatic ring is 1. The number of hydrogen-bond acceptors (Lipinski definition) is 5. The van der Waals surface area contributed by atoms with E-state index >= 15 is 0 Å². The van der Waals surface area contributed by atoms with Crippen LogP contribution in [0.5, 0.6) is 0 Å². The molecule has 5 nitrogen and oxygen atoms in total. The van der Waals surface area contributed by atoms with Crippen LogP contribution in [-0.2, 0) is 0 Å². The molecule has 2 N–H and O–H groups in total. The lowest BCUT2D eigenvalue weighted by atomic mass is 10.2. The Balaban J connectivity index is 1.70. The number of anilines is 2. The van der Waals surface area contributed by atoms with E-state index in [1.165, 1.54) is 38.8 Å². The molecular weight excluding hydrogens is 250 g/mol. The summed E-state index contributed by atoms with van der Waals surface area (Å²) in [4.78, 5) is 14.0. The van der Waals surface area contributed by atoms with Crippen molar-refractivity contribution in [1.82, 2.24) is 14.9 Å². The average Bonchev–Trinajstić information content (AvgIpc) is 3.16. The maximum absolute atomic E-state index is 6.05. The normalized spacial score (nSPS) is 19.5. The van der Waals surface area contributed by atoms with E-state index in [1.807, 2.05) is 6.92 Å². The van der Waals surface area contributed by atoms with Gasteiger partial charge in [-0.1, -0.05) is 0 Å². The molecule has 20 heavy (non-hydrogen) atoms. The number of nitrogens with two attached hydrogens (primary N) is 1. The standard InChI is InChI=1S/C15H25N5/c1-11-13(16)17-14(12-5-6-12)18-15(11)19(2)9-10-20-7-3-4-8-20/h12H,3-10H2,1-2H3,(H2,16,17,18). The number of rotatable bonds is 5. The monoisotopic (exact) mass is 275 g/mol. The molecule has 0 bridgehead atoms. The van der Waals surface area contributed by atoms with Gasteiger partial charge in [-0.05, 0) is 45.7 Å². The van der Waals surface area contributed by atoms with Gasteiger partial charge in [0, 0.05) is 31.6 Å². The topological polar surface area (TPSA) is 58.3 Å². The predicted octanol–water partition coefficient (Wildman–Crippen LogP) is 1.78. The Morgan fingerprint density at radius 3 is 2.60 bits per heavy atom. The van der Waals surface area contributed by atoms with Crippen molar-refractivity contribution < 1.29 is 0 Å².